The van der Waals surface area contributed by atoms with E-state index >= 15 is 0 Å². The number of methoxy groups -OCH3 is 2. The maximum Gasteiger partial charge on any atom is 0.253 e. The van der Waals surface area contributed by atoms with Gasteiger partial charge in [0.15, 0.2) is 16.6 Å². The molecule has 2 fully saturated rings. The van der Waals surface area contributed by atoms with E-state index in [-0.39, 0.29) is 5.56 Å². The summed E-state index contributed by atoms with van der Waals surface area (Å²) in [6.45, 7) is 5.79. The van der Waals surface area contributed by atoms with Crippen LogP contribution in [0.4, 0.5) is 0 Å². The van der Waals surface area contributed by atoms with Crippen LogP contribution in [0.2, 0.25) is 0 Å². The predicted octanol–water partition coefficient (Wildman–Crippen LogP) is 3.28. The number of nitrogens with one attached hydrogen (secondary N) is 2. The summed E-state index contributed by atoms with van der Waals surface area (Å²) in [5, 5.41) is 5.23. The second-order valence-corrected chi connectivity index (χ2v) is 9.82. The third-order valence-electron chi connectivity index (χ3n) is 7.01. The molecule has 4 rings (SSSR count). The summed E-state index contributed by atoms with van der Waals surface area (Å²) in [4.78, 5) is 20.6. The van der Waals surface area contributed by atoms with Crippen molar-refractivity contribution in [2.24, 2.45) is 0 Å². The van der Waals surface area contributed by atoms with Gasteiger partial charge in [-0.25, -0.2) is 0 Å². The van der Waals surface area contributed by atoms with Crippen molar-refractivity contribution in [2.75, 3.05) is 53.6 Å². The fraction of sp³-hybridized carbons (Fsp3) is 0.615. The van der Waals surface area contributed by atoms with Crippen LogP contribution in [0.25, 0.3) is 10.9 Å². The summed E-state index contributed by atoms with van der Waals surface area (Å²) in [6, 6.07) is 6.06. The van der Waals surface area contributed by atoms with Gasteiger partial charge in [-0.3, -0.25) is 9.69 Å². The summed E-state index contributed by atoms with van der Waals surface area (Å²) in [6.07, 6.45) is 7.07. The molecule has 1 aliphatic carbocycles. The maximum atomic E-state index is 13.0. The van der Waals surface area contributed by atoms with Crippen molar-refractivity contribution in [2.45, 2.75) is 51.1 Å². The first-order valence-corrected chi connectivity index (χ1v) is 13.1. The molecule has 2 aromatic rings. The van der Waals surface area contributed by atoms with Gasteiger partial charge in [0, 0.05) is 49.2 Å². The lowest BCUT2D eigenvalue weighted by Gasteiger charge is -2.32. The van der Waals surface area contributed by atoms with E-state index in [1.54, 1.807) is 20.3 Å². The van der Waals surface area contributed by atoms with E-state index in [2.05, 4.69) is 20.1 Å². The number of H-pyrrole nitrogens is 1. The monoisotopic (exact) mass is 502 g/mol. The third kappa shape index (κ3) is 6.86. The number of benzene rings is 1. The minimum atomic E-state index is -0.108. The first kappa shape index (κ1) is 25.7. The molecule has 9 heteroatoms. The smallest absolute Gasteiger partial charge is 0.253 e. The molecule has 0 atom stereocenters. The van der Waals surface area contributed by atoms with Gasteiger partial charge in [-0.15, -0.1) is 0 Å². The highest BCUT2D eigenvalue weighted by molar-refractivity contribution is 7.80. The van der Waals surface area contributed by atoms with Gasteiger partial charge in [-0.05, 0) is 43.6 Å². The summed E-state index contributed by atoms with van der Waals surface area (Å²) < 4.78 is 16.3. The number of pyridine rings is 1. The van der Waals surface area contributed by atoms with Crippen molar-refractivity contribution in [1.82, 2.24) is 20.1 Å². The molecule has 0 unspecified atom stereocenters. The highest BCUT2D eigenvalue weighted by atomic mass is 32.1. The van der Waals surface area contributed by atoms with E-state index in [9.17, 15) is 4.79 Å². The first-order chi connectivity index (χ1) is 17.1. The normalized spacial score (nSPS) is 17.3. The number of thiocarbonyl (C=S) groups is 1. The van der Waals surface area contributed by atoms with Crippen LogP contribution in [0.5, 0.6) is 11.5 Å². The van der Waals surface area contributed by atoms with Crippen molar-refractivity contribution in [1.29, 1.82) is 0 Å². The first-order valence-electron chi connectivity index (χ1n) is 12.7. The average molecular weight is 503 g/mol. The number of ether oxygens (including phenoxy) is 3. The summed E-state index contributed by atoms with van der Waals surface area (Å²) in [7, 11) is 3.20. The Kier molecular flexibility index (Phi) is 9.23. The standard InChI is InChI=1S/C26H38N4O4S/c1-32-23-16-19-15-20(25(31)28-22(19)17-24(23)33-2)18-30(10-6-9-29-11-13-34-14-12-29)26(35)27-21-7-4-3-5-8-21/h15-17,21H,3-14,18H2,1-2H3,(H,27,35)(H,28,31). The molecule has 2 aliphatic rings. The zero-order valence-corrected chi connectivity index (χ0v) is 21.8. The summed E-state index contributed by atoms with van der Waals surface area (Å²) in [5.74, 6) is 1.22. The SMILES string of the molecule is COc1cc2cc(CN(CCCN3CCOCC3)C(=S)NC3CCCCC3)c(=O)[nH]c2cc1OC. The summed E-state index contributed by atoms with van der Waals surface area (Å²) in [5.41, 5.74) is 1.30. The molecule has 1 aliphatic heterocycles. The van der Waals surface area contributed by atoms with Gasteiger partial charge < -0.3 is 29.4 Å². The van der Waals surface area contributed by atoms with Crippen LogP contribution in [-0.4, -0.2) is 79.6 Å². The maximum absolute atomic E-state index is 13.0. The second kappa shape index (κ2) is 12.6. The minimum Gasteiger partial charge on any atom is -0.493 e. The summed E-state index contributed by atoms with van der Waals surface area (Å²) >= 11 is 5.87. The van der Waals surface area contributed by atoms with Crippen molar-refractivity contribution >= 4 is 28.2 Å². The molecule has 1 saturated heterocycles. The number of aromatic nitrogens is 1. The zero-order valence-electron chi connectivity index (χ0n) is 20.9. The number of hydrogen-bond acceptors (Lipinski definition) is 6. The van der Waals surface area contributed by atoms with E-state index in [0.717, 1.165) is 74.7 Å². The molecule has 35 heavy (non-hydrogen) atoms. The Bertz CT molecular complexity index is 1050. The van der Waals surface area contributed by atoms with Crippen LogP contribution in [0.3, 0.4) is 0 Å². The Labute approximate surface area is 212 Å². The van der Waals surface area contributed by atoms with Crippen LogP contribution in [0, 0.1) is 0 Å². The lowest BCUT2D eigenvalue weighted by atomic mass is 9.96. The third-order valence-corrected chi connectivity index (χ3v) is 7.39. The van der Waals surface area contributed by atoms with Gasteiger partial charge in [0.2, 0.25) is 0 Å². The number of morpholine rings is 1. The van der Waals surface area contributed by atoms with E-state index in [1.807, 2.05) is 12.1 Å². The zero-order chi connectivity index (χ0) is 24.6. The predicted molar refractivity (Wildman–Crippen MR) is 143 cm³/mol. The van der Waals surface area contributed by atoms with Crippen LogP contribution in [0.15, 0.2) is 23.0 Å². The van der Waals surface area contributed by atoms with E-state index < -0.39 is 0 Å². The van der Waals surface area contributed by atoms with Crippen molar-refractivity contribution in [3.05, 3.63) is 34.1 Å². The van der Waals surface area contributed by atoms with Crippen LogP contribution in [0.1, 0.15) is 44.1 Å². The van der Waals surface area contributed by atoms with Gasteiger partial charge in [-0.1, -0.05) is 19.3 Å². The topological polar surface area (TPSA) is 79.1 Å². The molecule has 0 spiro atoms. The van der Waals surface area contributed by atoms with Crippen LogP contribution >= 0.6 is 12.2 Å². The highest BCUT2D eigenvalue weighted by Crippen LogP contribution is 2.31. The lowest BCUT2D eigenvalue weighted by Crippen LogP contribution is -2.46. The largest absolute Gasteiger partial charge is 0.493 e. The number of nitrogens with zero attached hydrogens (tertiary/aromatic N) is 2. The van der Waals surface area contributed by atoms with E-state index in [0.29, 0.717) is 29.6 Å². The number of fused-ring (bicyclic) bond motifs is 1. The van der Waals surface area contributed by atoms with Crippen molar-refractivity contribution in [3.63, 3.8) is 0 Å². The minimum absolute atomic E-state index is 0.108. The Hall–Kier alpha value is -2.36. The van der Waals surface area contributed by atoms with Gasteiger partial charge in [0.25, 0.3) is 5.56 Å². The molecule has 0 amide bonds. The number of hydrogen-bond donors (Lipinski definition) is 2. The molecule has 0 bridgehead atoms. The molecule has 192 valence electrons. The van der Waals surface area contributed by atoms with Crippen molar-refractivity contribution < 1.29 is 14.2 Å². The average Bonchev–Trinajstić information content (AvgIpc) is 2.88. The molecular formula is C26H38N4O4S. The van der Waals surface area contributed by atoms with E-state index in [4.69, 9.17) is 26.4 Å². The Morgan fingerprint density at radius 1 is 1.14 bits per heavy atom. The van der Waals surface area contributed by atoms with Gasteiger partial charge in [-0.2, -0.15) is 0 Å². The molecule has 2 heterocycles. The molecule has 1 saturated carbocycles. The Morgan fingerprint density at radius 2 is 1.86 bits per heavy atom. The molecule has 2 N–H and O–H groups in total. The second-order valence-electron chi connectivity index (χ2n) is 9.43. The Morgan fingerprint density at radius 3 is 2.57 bits per heavy atom. The lowest BCUT2D eigenvalue weighted by molar-refractivity contribution is 0.0367. The fourth-order valence-corrected chi connectivity index (χ4v) is 5.30. The molecule has 1 aromatic carbocycles. The fourth-order valence-electron chi connectivity index (χ4n) is 4.98. The molecule has 0 radical (unpaired) electrons. The van der Waals surface area contributed by atoms with E-state index in [1.165, 1.54) is 19.3 Å². The van der Waals surface area contributed by atoms with Gasteiger partial charge in [0.05, 0.1) is 39.5 Å². The molecule has 8 nitrogen and oxygen atoms in total. The van der Waals surface area contributed by atoms with Gasteiger partial charge in [0.1, 0.15) is 0 Å². The highest BCUT2D eigenvalue weighted by Gasteiger charge is 2.20. The van der Waals surface area contributed by atoms with Crippen LogP contribution < -0.4 is 20.3 Å². The number of rotatable bonds is 9. The van der Waals surface area contributed by atoms with Gasteiger partial charge >= 0.3 is 0 Å². The molecular weight excluding hydrogens is 464 g/mol. The van der Waals surface area contributed by atoms with Crippen molar-refractivity contribution in [3.8, 4) is 11.5 Å². The number of aromatic amines is 1. The molecule has 1 aromatic heterocycles. The van der Waals surface area contributed by atoms with Crippen LogP contribution in [-0.2, 0) is 11.3 Å². The quantitative estimate of drug-likeness (QED) is 0.506. The Balaban J connectivity index is 1.51.